The molecule has 1 aromatic carbocycles. The largest absolute Gasteiger partial charge is 0.491 e. The number of ether oxygens (including phenoxy) is 1. The Kier molecular flexibility index (Phi) is 8.86. The molecule has 0 aliphatic heterocycles. The molecular weight excluding hydrogens is 460 g/mol. The van der Waals surface area contributed by atoms with Crippen LogP contribution in [0.15, 0.2) is 28.5 Å². The Morgan fingerprint density at radius 1 is 1.23 bits per heavy atom. The Balaban J connectivity index is 2.02. The van der Waals surface area contributed by atoms with Crippen molar-refractivity contribution in [2.75, 3.05) is 29.8 Å². The highest BCUT2D eigenvalue weighted by atomic mass is 32.2. The zero-order chi connectivity index (χ0) is 23.2. The molecule has 0 aliphatic carbocycles. The van der Waals surface area contributed by atoms with Gasteiger partial charge in [0.05, 0.1) is 22.2 Å². The fourth-order valence-corrected chi connectivity index (χ4v) is 4.79. The van der Waals surface area contributed by atoms with E-state index in [2.05, 4.69) is 15.6 Å². The Morgan fingerprint density at radius 2 is 1.87 bits per heavy atom. The van der Waals surface area contributed by atoms with Gasteiger partial charge in [-0.3, -0.25) is 9.59 Å². The molecule has 1 heterocycles. The number of sulfone groups is 1. The van der Waals surface area contributed by atoms with E-state index in [-0.39, 0.29) is 10.8 Å². The molecule has 12 heteroatoms. The molecule has 2 amide bonds. The lowest BCUT2D eigenvalue weighted by molar-refractivity contribution is -0.123. The third-order valence-electron chi connectivity index (χ3n) is 3.84. The molecule has 0 aliphatic rings. The summed E-state index contributed by atoms with van der Waals surface area (Å²) < 4.78 is 29.8. The number of nitrogens with two attached hydrogens (primary N) is 1. The Morgan fingerprint density at radius 3 is 2.48 bits per heavy atom. The number of carbonyl (C=O) groups is 2. The lowest BCUT2D eigenvalue weighted by atomic mass is 10.2. The summed E-state index contributed by atoms with van der Waals surface area (Å²) in [6, 6.07) is 6.98. The maximum Gasteiger partial charge on any atom is 0.235 e. The molecule has 1 unspecified atom stereocenters. The number of anilines is 2. The lowest BCUT2D eigenvalue weighted by Crippen LogP contribution is -2.23. The molecule has 4 N–H and O–H groups in total. The number of aromatic nitrogens is 1. The van der Waals surface area contributed by atoms with Crippen LogP contribution in [0.4, 0.5) is 10.8 Å². The van der Waals surface area contributed by atoms with Crippen LogP contribution in [0.1, 0.15) is 31.3 Å². The predicted octanol–water partition coefficient (Wildman–Crippen LogP) is 2.87. The first-order valence-corrected chi connectivity index (χ1v) is 13.3. The van der Waals surface area contributed by atoms with E-state index in [9.17, 15) is 18.0 Å². The van der Waals surface area contributed by atoms with Crippen molar-refractivity contribution in [2.45, 2.75) is 29.9 Å². The fourth-order valence-electron chi connectivity index (χ4n) is 2.36. The number of benzene rings is 1. The minimum absolute atomic E-state index is 0.177. The van der Waals surface area contributed by atoms with Gasteiger partial charge in [0, 0.05) is 6.26 Å². The van der Waals surface area contributed by atoms with Crippen molar-refractivity contribution in [3.63, 3.8) is 0 Å². The maximum absolute atomic E-state index is 12.3. The van der Waals surface area contributed by atoms with E-state index in [1.165, 1.54) is 11.8 Å². The quantitative estimate of drug-likeness (QED) is 0.344. The van der Waals surface area contributed by atoms with E-state index in [4.69, 9.17) is 10.5 Å². The van der Waals surface area contributed by atoms with Crippen molar-refractivity contribution in [1.29, 1.82) is 0 Å². The van der Waals surface area contributed by atoms with Crippen molar-refractivity contribution in [2.24, 2.45) is 11.7 Å². The number of rotatable bonds is 10. The highest BCUT2D eigenvalue weighted by Gasteiger charge is 2.26. The molecule has 1 atom stereocenters. The van der Waals surface area contributed by atoms with Gasteiger partial charge in [0.2, 0.25) is 11.8 Å². The van der Waals surface area contributed by atoms with Gasteiger partial charge in [-0.1, -0.05) is 37.3 Å². The molecule has 0 saturated heterocycles. The molecule has 1 aromatic heterocycles. The van der Waals surface area contributed by atoms with Gasteiger partial charge in [-0.2, -0.15) is 0 Å². The molecule has 31 heavy (non-hydrogen) atoms. The van der Waals surface area contributed by atoms with Crippen LogP contribution in [0, 0.1) is 5.92 Å². The number of thioether (sulfide) groups is 1. The third kappa shape index (κ3) is 7.49. The number of hydrogen-bond acceptors (Lipinski definition) is 9. The van der Waals surface area contributed by atoms with E-state index in [1.54, 1.807) is 30.5 Å². The van der Waals surface area contributed by atoms with Crippen LogP contribution in [-0.4, -0.2) is 44.3 Å². The second kappa shape index (κ2) is 10.9. The average Bonchev–Trinajstić information content (AvgIpc) is 3.08. The van der Waals surface area contributed by atoms with Crippen LogP contribution in [0.5, 0.6) is 5.75 Å². The van der Waals surface area contributed by atoms with Crippen molar-refractivity contribution in [3.8, 4) is 5.75 Å². The van der Waals surface area contributed by atoms with Crippen molar-refractivity contribution in [3.05, 3.63) is 30.0 Å². The monoisotopic (exact) mass is 486 g/mol. The molecular formula is C19H26N4O5S3. The average molecular weight is 487 g/mol. The second-order valence-corrected chi connectivity index (χ2v) is 11.4. The minimum Gasteiger partial charge on any atom is -0.491 e. The summed E-state index contributed by atoms with van der Waals surface area (Å²) in [5, 5.41) is 4.09. The Bertz CT molecular complexity index is 1040. The summed E-state index contributed by atoms with van der Waals surface area (Å²) >= 11 is 2.38. The van der Waals surface area contributed by atoms with E-state index in [0.717, 1.165) is 17.6 Å². The minimum atomic E-state index is -3.55. The summed E-state index contributed by atoms with van der Waals surface area (Å²) in [4.78, 5) is 28.8. The second-order valence-electron chi connectivity index (χ2n) is 7.12. The zero-order valence-electron chi connectivity index (χ0n) is 17.7. The Labute approximate surface area is 190 Å². The van der Waals surface area contributed by atoms with Crippen molar-refractivity contribution >= 4 is 55.6 Å². The summed E-state index contributed by atoms with van der Waals surface area (Å²) in [6.07, 6.45) is 2.33. The molecule has 9 nitrogen and oxygen atoms in total. The molecule has 2 aromatic rings. The number of para-hydroxylation sites is 2. The van der Waals surface area contributed by atoms with Crippen LogP contribution >= 0.6 is 23.1 Å². The predicted molar refractivity (Wildman–Crippen MR) is 124 cm³/mol. The van der Waals surface area contributed by atoms with Crippen molar-refractivity contribution in [1.82, 2.24) is 4.98 Å². The molecule has 170 valence electrons. The highest BCUT2D eigenvalue weighted by Crippen LogP contribution is 2.35. The van der Waals surface area contributed by atoms with Crippen LogP contribution in [0.2, 0.25) is 0 Å². The van der Waals surface area contributed by atoms with Crippen molar-refractivity contribution < 1.29 is 22.7 Å². The van der Waals surface area contributed by atoms with Gasteiger partial charge in [0.25, 0.3) is 0 Å². The normalized spacial score (nSPS) is 12.5. The van der Waals surface area contributed by atoms with Gasteiger partial charge >= 0.3 is 0 Å². The first-order chi connectivity index (χ1) is 14.5. The van der Waals surface area contributed by atoms with Crippen LogP contribution < -0.4 is 21.1 Å². The highest BCUT2D eigenvalue weighted by molar-refractivity contribution is 8.00. The molecule has 0 saturated carbocycles. The van der Waals surface area contributed by atoms with Gasteiger partial charge in [0.15, 0.2) is 20.3 Å². The van der Waals surface area contributed by atoms with Gasteiger partial charge < -0.3 is 21.1 Å². The summed E-state index contributed by atoms with van der Waals surface area (Å²) in [5.74, 6) is -0.264. The number of amides is 2. The SMILES string of the molecule is CSc1sc(NC(=O)CC(=O)Nc2ccccc2OCC(C)C)nc1C(N)S(C)(=O)=O. The molecule has 2 rings (SSSR count). The third-order valence-corrected chi connectivity index (χ3v) is 7.09. The summed E-state index contributed by atoms with van der Waals surface area (Å²) in [5.41, 5.74) is 6.42. The summed E-state index contributed by atoms with van der Waals surface area (Å²) in [6.45, 7) is 4.52. The van der Waals surface area contributed by atoms with Crippen LogP contribution in [-0.2, 0) is 19.4 Å². The van der Waals surface area contributed by atoms with E-state index < -0.39 is 33.4 Å². The first kappa shape index (κ1) is 25.1. The molecule has 0 radical (unpaired) electrons. The maximum atomic E-state index is 12.3. The van der Waals surface area contributed by atoms with Gasteiger partial charge in [-0.25, -0.2) is 13.4 Å². The van der Waals surface area contributed by atoms with E-state index in [1.807, 2.05) is 13.8 Å². The lowest BCUT2D eigenvalue weighted by Gasteiger charge is -2.13. The number of hydrogen-bond donors (Lipinski definition) is 3. The van der Waals surface area contributed by atoms with Crippen LogP contribution in [0.25, 0.3) is 0 Å². The first-order valence-electron chi connectivity index (χ1n) is 9.32. The standard InChI is InChI=1S/C19H26N4O5S3/c1-11(2)10-28-13-8-6-5-7-12(13)21-14(24)9-15(25)22-19-23-16(18(29-3)30-19)17(20)31(4,26)27/h5-8,11,17H,9-10,20H2,1-4H3,(H,21,24)(H,22,23,25). The number of nitrogens with one attached hydrogen (secondary N) is 2. The summed E-state index contributed by atoms with van der Waals surface area (Å²) in [7, 11) is -3.55. The van der Waals surface area contributed by atoms with Gasteiger partial charge in [0.1, 0.15) is 12.2 Å². The topological polar surface area (TPSA) is 140 Å². The number of thiazole rings is 1. The molecule has 0 bridgehead atoms. The smallest absolute Gasteiger partial charge is 0.235 e. The number of carbonyl (C=O) groups excluding carboxylic acids is 2. The van der Waals surface area contributed by atoms with E-state index in [0.29, 0.717) is 28.2 Å². The number of nitrogens with zero attached hydrogens (tertiary/aromatic N) is 1. The Hall–Kier alpha value is -2.15. The van der Waals surface area contributed by atoms with E-state index >= 15 is 0 Å². The zero-order valence-corrected chi connectivity index (χ0v) is 20.1. The molecule has 0 fully saturated rings. The van der Waals surface area contributed by atoms with Gasteiger partial charge in [-0.15, -0.1) is 11.8 Å². The molecule has 0 spiro atoms. The van der Waals surface area contributed by atoms with Gasteiger partial charge in [-0.05, 0) is 24.3 Å². The fraction of sp³-hybridized carbons (Fsp3) is 0.421. The van der Waals surface area contributed by atoms with Crippen LogP contribution in [0.3, 0.4) is 0 Å².